The molecule has 1 aliphatic heterocycles. The standard InChI is InChI=1S/C14H16ClNO2/c1-12-7-10-18-16(12)9-6-13-4-2-3-5-14(13)17-11-8-15/h2-7,9-10,12H,8,11H2,1H3. The fourth-order valence-electron chi connectivity index (χ4n) is 1.62. The normalized spacial score (nSPS) is 18.3. The summed E-state index contributed by atoms with van der Waals surface area (Å²) >= 11 is 5.62. The van der Waals surface area contributed by atoms with Crippen molar-refractivity contribution in [3.8, 4) is 5.75 Å². The number of benzene rings is 1. The number of rotatable bonds is 5. The highest BCUT2D eigenvalue weighted by Gasteiger charge is 2.12. The summed E-state index contributed by atoms with van der Waals surface area (Å²) in [7, 11) is 0. The van der Waals surface area contributed by atoms with E-state index in [1.807, 2.05) is 42.6 Å². The average Bonchev–Trinajstić information content (AvgIpc) is 2.80. The lowest BCUT2D eigenvalue weighted by molar-refractivity contribution is -0.0502. The van der Waals surface area contributed by atoms with Gasteiger partial charge in [0.05, 0.1) is 11.9 Å². The van der Waals surface area contributed by atoms with Crippen LogP contribution in [0.4, 0.5) is 0 Å². The van der Waals surface area contributed by atoms with Crippen molar-refractivity contribution >= 4 is 17.7 Å². The van der Waals surface area contributed by atoms with Gasteiger partial charge in [0.2, 0.25) is 0 Å². The zero-order valence-corrected chi connectivity index (χ0v) is 11.0. The van der Waals surface area contributed by atoms with E-state index in [1.54, 1.807) is 11.3 Å². The van der Waals surface area contributed by atoms with E-state index in [0.717, 1.165) is 11.3 Å². The van der Waals surface area contributed by atoms with E-state index in [-0.39, 0.29) is 6.04 Å². The van der Waals surface area contributed by atoms with Crippen LogP contribution in [-0.4, -0.2) is 23.6 Å². The van der Waals surface area contributed by atoms with Crippen molar-refractivity contribution in [2.24, 2.45) is 0 Å². The van der Waals surface area contributed by atoms with Gasteiger partial charge in [-0.15, -0.1) is 11.6 Å². The summed E-state index contributed by atoms with van der Waals surface area (Å²) in [4.78, 5) is 5.31. The molecule has 96 valence electrons. The number of para-hydroxylation sites is 1. The van der Waals surface area contributed by atoms with Gasteiger partial charge in [0.15, 0.2) is 0 Å². The SMILES string of the molecule is CC1C=CON1C=Cc1ccccc1OCCCl. The lowest BCUT2D eigenvalue weighted by Gasteiger charge is -2.16. The largest absolute Gasteiger partial charge is 0.492 e. The van der Waals surface area contributed by atoms with Crippen LogP contribution in [0.1, 0.15) is 12.5 Å². The maximum absolute atomic E-state index is 5.62. The molecule has 0 aromatic heterocycles. The minimum atomic E-state index is 0.247. The number of hydroxylamine groups is 2. The smallest absolute Gasteiger partial charge is 0.126 e. The van der Waals surface area contributed by atoms with Gasteiger partial charge >= 0.3 is 0 Å². The van der Waals surface area contributed by atoms with Crippen molar-refractivity contribution in [1.82, 2.24) is 5.06 Å². The van der Waals surface area contributed by atoms with Crippen molar-refractivity contribution < 1.29 is 9.57 Å². The van der Waals surface area contributed by atoms with E-state index in [2.05, 4.69) is 6.92 Å². The minimum absolute atomic E-state index is 0.247. The maximum Gasteiger partial charge on any atom is 0.126 e. The van der Waals surface area contributed by atoms with Gasteiger partial charge in [0.1, 0.15) is 18.6 Å². The predicted octanol–water partition coefficient (Wildman–Crippen LogP) is 3.42. The Labute approximate surface area is 112 Å². The second-order valence-corrected chi connectivity index (χ2v) is 4.30. The molecule has 1 atom stereocenters. The molecule has 0 aliphatic carbocycles. The Morgan fingerprint density at radius 3 is 3.00 bits per heavy atom. The van der Waals surface area contributed by atoms with Crippen LogP contribution in [0.25, 0.3) is 6.08 Å². The van der Waals surface area contributed by atoms with E-state index in [0.29, 0.717) is 12.5 Å². The van der Waals surface area contributed by atoms with Gasteiger partial charge in [-0.25, -0.2) is 5.06 Å². The molecule has 2 rings (SSSR count). The van der Waals surface area contributed by atoms with Crippen LogP contribution in [-0.2, 0) is 4.84 Å². The number of hydrogen-bond acceptors (Lipinski definition) is 3. The Morgan fingerprint density at radius 1 is 1.44 bits per heavy atom. The minimum Gasteiger partial charge on any atom is -0.492 e. The van der Waals surface area contributed by atoms with E-state index in [9.17, 15) is 0 Å². The highest BCUT2D eigenvalue weighted by atomic mass is 35.5. The summed E-state index contributed by atoms with van der Waals surface area (Å²) in [6.45, 7) is 2.56. The first-order valence-electron chi connectivity index (χ1n) is 5.89. The summed E-state index contributed by atoms with van der Waals surface area (Å²) in [5, 5.41) is 1.78. The Morgan fingerprint density at radius 2 is 2.28 bits per heavy atom. The van der Waals surface area contributed by atoms with Crippen LogP contribution >= 0.6 is 11.6 Å². The van der Waals surface area contributed by atoms with Gasteiger partial charge in [0, 0.05) is 11.8 Å². The van der Waals surface area contributed by atoms with Crippen LogP contribution in [0.5, 0.6) is 5.75 Å². The topological polar surface area (TPSA) is 21.7 Å². The maximum atomic E-state index is 5.62. The zero-order valence-electron chi connectivity index (χ0n) is 10.3. The number of alkyl halides is 1. The van der Waals surface area contributed by atoms with E-state index >= 15 is 0 Å². The van der Waals surface area contributed by atoms with Gasteiger partial charge in [0.25, 0.3) is 0 Å². The fourth-order valence-corrected chi connectivity index (χ4v) is 1.70. The second-order valence-electron chi connectivity index (χ2n) is 3.93. The molecular weight excluding hydrogens is 250 g/mol. The molecule has 0 amide bonds. The first-order chi connectivity index (χ1) is 8.81. The molecule has 1 aromatic carbocycles. The molecule has 0 spiro atoms. The summed E-state index contributed by atoms with van der Waals surface area (Å²) in [5.74, 6) is 1.31. The van der Waals surface area contributed by atoms with E-state index in [1.165, 1.54) is 0 Å². The van der Waals surface area contributed by atoms with Crippen molar-refractivity contribution in [2.45, 2.75) is 13.0 Å². The van der Waals surface area contributed by atoms with Crippen LogP contribution < -0.4 is 4.74 Å². The monoisotopic (exact) mass is 265 g/mol. The molecule has 0 saturated carbocycles. The molecule has 1 heterocycles. The van der Waals surface area contributed by atoms with Gasteiger partial charge in [-0.2, -0.15) is 0 Å². The Balaban J connectivity index is 2.06. The van der Waals surface area contributed by atoms with Gasteiger partial charge in [-0.1, -0.05) is 18.2 Å². The second kappa shape index (κ2) is 6.36. The molecule has 0 N–H and O–H groups in total. The molecule has 0 bridgehead atoms. The number of nitrogens with zero attached hydrogens (tertiary/aromatic N) is 1. The lowest BCUT2D eigenvalue weighted by atomic mass is 10.2. The van der Waals surface area contributed by atoms with Crippen LogP contribution in [0.15, 0.2) is 42.8 Å². The van der Waals surface area contributed by atoms with Gasteiger partial charge in [-0.05, 0) is 25.1 Å². The number of hydrogen-bond donors (Lipinski definition) is 0. The molecule has 3 nitrogen and oxygen atoms in total. The van der Waals surface area contributed by atoms with Gasteiger partial charge in [-0.3, -0.25) is 0 Å². The lowest BCUT2D eigenvalue weighted by Crippen LogP contribution is -2.19. The molecule has 1 aliphatic rings. The summed E-state index contributed by atoms with van der Waals surface area (Å²) in [6.07, 6.45) is 7.53. The molecule has 18 heavy (non-hydrogen) atoms. The molecular formula is C14H16ClNO2. The van der Waals surface area contributed by atoms with Crippen LogP contribution in [0, 0.1) is 0 Å². The Hall–Kier alpha value is -1.61. The Kier molecular flexibility index (Phi) is 4.53. The zero-order chi connectivity index (χ0) is 12.8. The van der Waals surface area contributed by atoms with Crippen LogP contribution in [0.2, 0.25) is 0 Å². The molecule has 4 heteroatoms. The molecule has 0 fully saturated rings. The quantitative estimate of drug-likeness (QED) is 0.762. The van der Waals surface area contributed by atoms with Crippen LogP contribution in [0.3, 0.4) is 0 Å². The third-order valence-corrected chi connectivity index (χ3v) is 2.75. The fraction of sp³-hybridized carbons (Fsp3) is 0.286. The number of ether oxygens (including phenoxy) is 1. The van der Waals surface area contributed by atoms with Crippen molar-refractivity contribution in [1.29, 1.82) is 0 Å². The van der Waals surface area contributed by atoms with Gasteiger partial charge < -0.3 is 9.57 Å². The third-order valence-electron chi connectivity index (χ3n) is 2.60. The van der Waals surface area contributed by atoms with Crippen molar-refractivity contribution in [2.75, 3.05) is 12.5 Å². The predicted molar refractivity (Wildman–Crippen MR) is 73.2 cm³/mol. The first-order valence-corrected chi connectivity index (χ1v) is 6.42. The summed E-state index contributed by atoms with van der Waals surface area (Å²) in [6, 6.07) is 8.08. The summed E-state index contributed by atoms with van der Waals surface area (Å²) in [5.41, 5.74) is 1.00. The van der Waals surface area contributed by atoms with E-state index < -0.39 is 0 Å². The average molecular weight is 266 g/mol. The Bertz CT molecular complexity index is 445. The molecule has 0 saturated heterocycles. The third kappa shape index (κ3) is 3.20. The molecule has 1 aromatic rings. The summed E-state index contributed by atoms with van der Waals surface area (Å²) < 4.78 is 5.57. The van der Waals surface area contributed by atoms with Crippen molar-refractivity contribution in [3.63, 3.8) is 0 Å². The highest BCUT2D eigenvalue weighted by Crippen LogP contribution is 2.21. The number of halogens is 1. The molecule has 0 radical (unpaired) electrons. The highest BCUT2D eigenvalue weighted by molar-refractivity contribution is 6.18. The van der Waals surface area contributed by atoms with E-state index in [4.69, 9.17) is 21.2 Å². The first kappa shape index (κ1) is 12.8. The molecule has 1 unspecified atom stereocenters. The van der Waals surface area contributed by atoms with Crippen molar-refractivity contribution in [3.05, 3.63) is 48.4 Å².